The van der Waals surface area contributed by atoms with Crippen molar-refractivity contribution in [3.63, 3.8) is 0 Å². The molecule has 9 heteroatoms. The number of pyridine rings is 1. The van der Waals surface area contributed by atoms with E-state index in [9.17, 15) is 18.0 Å². The van der Waals surface area contributed by atoms with Gasteiger partial charge in [0.1, 0.15) is 5.82 Å². The molecule has 0 spiro atoms. The summed E-state index contributed by atoms with van der Waals surface area (Å²) < 4.78 is 42.7. The lowest BCUT2D eigenvalue weighted by molar-refractivity contribution is -0.0527. The van der Waals surface area contributed by atoms with E-state index < -0.39 is 18.5 Å². The van der Waals surface area contributed by atoms with Crippen LogP contribution in [0.4, 0.5) is 29.3 Å². The minimum absolute atomic E-state index is 0.0296. The Morgan fingerprint density at radius 2 is 2.04 bits per heavy atom. The highest BCUT2D eigenvalue weighted by molar-refractivity contribution is 9.10. The average molecular weight is 390 g/mol. The van der Waals surface area contributed by atoms with Gasteiger partial charge in [-0.3, -0.25) is 0 Å². The molecule has 0 aliphatic carbocycles. The number of benzene rings is 1. The van der Waals surface area contributed by atoms with E-state index in [1.165, 1.54) is 24.4 Å². The molecular formula is C14H11BrF3N3O2. The quantitative estimate of drug-likeness (QED) is 0.806. The molecule has 0 unspecified atom stereocenters. The van der Waals surface area contributed by atoms with E-state index in [-0.39, 0.29) is 17.3 Å². The van der Waals surface area contributed by atoms with E-state index in [0.29, 0.717) is 10.0 Å². The van der Waals surface area contributed by atoms with Crippen LogP contribution in [0, 0.1) is 12.7 Å². The van der Waals surface area contributed by atoms with E-state index in [4.69, 9.17) is 0 Å². The highest BCUT2D eigenvalue weighted by atomic mass is 79.9. The van der Waals surface area contributed by atoms with Crippen LogP contribution < -0.4 is 15.4 Å². The van der Waals surface area contributed by atoms with Crippen LogP contribution in [0.1, 0.15) is 5.56 Å². The Hall–Kier alpha value is -2.29. The fourth-order valence-electron chi connectivity index (χ4n) is 1.67. The van der Waals surface area contributed by atoms with Gasteiger partial charge in [-0.1, -0.05) is 15.9 Å². The number of rotatable bonds is 4. The minimum atomic E-state index is -3.02. The molecule has 122 valence electrons. The van der Waals surface area contributed by atoms with Crippen molar-refractivity contribution in [2.24, 2.45) is 0 Å². The summed E-state index contributed by atoms with van der Waals surface area (Å²) in [5.41, 5.74) is 0.814. The lowest BCUT2D eigenvalue weighted by Crippen LogP contribution is -2.20. The lowest BCUT2D eigenvalue weighted by atomic mass is 10.2. The molecule has 1 aromatic heterocycles. The Kier molecular flexibility index (Phi) is 5.43. The second kappa shape index (κ2) is 7.32. The summed E-state index contributed by atoms with van der Waals surface area (Å²) in [5.74, 6) is -0.945. The normalized spacial score (nSPS) is 10.5. The molecule has 1 aromatic carbocycles. The van der Waals surface area contributed by atoms with E-state index in [2.05, 4.69) is 36.3 Å². The first-order valence-corrected chi connectivity index (χ1v) is 7.09. The van der Waals surface area contributed by atoms with Crippen LogP contribution in [0.5, 0.6) is 5.88 Å². The first-order chi connectivity index (χ1) is 10.8. The van der Waals surface area contributed by atoms with Gasteiger partial charge in [-0.2, -0.15) is 8.78 Å². The number of alkyl halides is 2. The Morgan fingerprint density at radius 3 is 2.74 bits per heavy atom. The number of amides is 2. The highest BCUT2D eigenvalue weighted by Crippen LogP contribution is 2.24. The summed E-state index contributed by atoms with van der Waals surface area (Å²) in [6.07, 6.45) is 1.19. The molecule has 0 aliphatic heterocycles. The van der Waals surface area contributed by atoms with Crippen LogP contribution in [-0.4, -0.2) is 17.6 Å². The van der Waals surface area contributed by atoms with Crippen molar-refractivity contribution < 1.29 is 22.7 Å². The average Bonchev–Trinajstić information content (AvgIpc) is 2.44. The van der Waals surface area contributed by atoms with Gasteiger partial charge in [0.05, 0.1) is 5.69 Å². The Bertz CT molecular complexity index is 728. The monoisotopic (exact) mass is 389 g/mol. The van der Waals surface area contributed by atoms with Gasteiger partial charge in [0, 0.05) is 22.4 Å². The van der Waals surface area contributed by atoms with Gasteiger partial charge in [0.2, 0.25) is 5.88 Å². The maximum absolute atomic E-state index is 13.8. The van der Waals surface area contributed by atoms with Crippen molar-refractivity contribution in [1.82, 2.24) is 4.98 Å². The first-order valence-electron chi connectivity index (χ1n) is 6.29. The Balaban J connectivity index is 2.07. The SMILES string of the molecule is Cc1cc(F)c(NC(=O)Nc2ccnc(OC(F)F)c2)cc1Br. The maximum Gasteiger partial charge on any atom is 0.388 e. The van der Waals surface area contributed by atoms with E-state index in [0.717, 1.165) is 6.07 Å². The molecule has 2 amide bonds. The second-order valence-corrected chi connectivity index (χ2v) is 5.28. The molecule has 0 atom stereocenters. The van der Waals surface area contributed by atoms with Crippen LogP contribution in [-0.2, 0) is 0 Å². The van der Waals surface area contributed by atoms with Crippen LogP contribution in [0.15, 0.2) is 34.9 Å². The summed E-state index contributed by atoms with van der Waals surface area (Å²) in [7, 11) is 0. The smallest absolute Gasteiger partial charge is 0.388 e. The van der Waals surface area contributed by atoms with Crippen LogP contribution in [0.3, 0.4) is 0 Å². The number of ether oxygens (including phenoxy) is 1. The summed E-state index contributed by atoms with van der Waals surface area (Å²) >= 11 is 3.24. The number of halogens is 4. The van der Waals surface area contributed by atoms with Gasteiger partial charge >= 0.3 is 12.6 Å². The fraction of sp³-hybridized carbons (Fsp3) is 0.143. The fourth-order valence-corrected chi connectivity index (χ4v) is 2.01. The Morgan fingerprint density at radius 1 is 1.30 bits per heavy atom. The van der Waals surface area contributed by atoms with Gasteiger partial charge in [-0.15, -0.1) is 0 Å². The van der Waals surface area contributed by atoms with Crippen LogP contribution in [0.2, 0.25) is 0 Å². The number of urea groups is 1. The molecule has 1 heterocycles. The summed E-state index contributed by atoms with van der Waals surface area (Å²) in [4.78, 5) is 15.4. The van der Waals surface area contributed by atoms with Crippen molar-refractivity contribution in [1.29, 1.82) is 0 Å². The lowest BCUT2D eigenvalue weighted by Gasteiger charge is -2.10. The molecule has 0 saturated heterocycles. The topological polar surface area (TPSA) is 63.2 Å². The number of carbonyl (C=O) groups is 1. The molecule has 5 nitrogen and oxygen atoms in total. The largest absolute Gasteiger partial charge is 0.417 e. The second-order valence-electron chi connectivity index (χ2n) is 4.42. The predicted octanol–water partition coefficient (Wildman–Crippen LogP) is 4.54. The van der Waals surface area contributed by atoms with E-state index >= 15 is 0 Å². The zero-order valence-corrected chi connectivity index (χ0v) is 13.3. The highest BCUT2D eigenvalue weighted by Gasteiger charge is 2.11. The maximum atomic E-state index is 13.8. The zero-order valence-electron chi connectivity index (χ0n) is 11.7. The van der Waals surface area contributed by atoms with Gasteiger partial charge in [0.15, 0.2) is 0 Å². The van der Waals surface area contributed by atoms with Crippen molar-refractivity contribution >= 4 is 33.3 Å². The van der Waals surface area contributed by atoms with Gasteiger partial charge < -0.3 is 15.4 Å². The third-order valence-corrected chi connectivity index (χ3v) is 3.55. The molecule has 0 aliphatic rings. The molecule has 2 N–H and O–H groups in total. The van der Waals surface area contributed by atoms with Crippen LogP contribution in [0.25, 0.3) is 0 Å². The molecule has 0 fully saturated rings. The molecular weight excluding hydrogens is 379 g/mol. The summed E-state index contributed by atoms with van der Waals surface area (Å²) in [5, 5.41) is 4.69. The number of hydrogen-bond donors (Lipinski definition) is 2. The van der Waals surface area contributed by atoms with Crippen LogP contribution >= 0.6 is 15.9 Å². The van der Waals surface area contributed by atoms with Gasteiger partial charge in [0.25, 0.3) is 0 Å². The van der Waals surface area contributed by atoms with Gasteiger partial charge in [-0.25, -0.2) is 14.2 Å². The molecule has 2 aromatic rings. The predicted molar refractivity (Wildman–Crippen MR) is 82.3 cm³/mol. The van der Waals surface area contributed by atoms with Crippen molar-refractivity contribution in [3.8, 4) is 5.88 Å². The number of aryl methyl sites for hydroxylation is 1. The van der Waals surface area contributed by atoms with E-state index in [1.54, 1.807) is 6.92 Å². The summed E-state index contributed by atoms with van der Waals surface area (Å²) in [6.45, 7) is -1.32. The molecule has 0 bridgehead atoms. The Labute approximate surface area is 138 Å². The molecule has 23 heavy (non-hydrogen) atoms. The molecule has 2 rings (SSSR count). The van der Waals surface area contributed by atoms with Crippen molar-refractivity contribution in [3.05, 3.63) is 46.3 Å². The molecule has 0 radical (unpaired) electrons. The number of nitrogens with one attached hydrogen (secondary N) is 2. The number of anilines is 2. The standard InChI is InChI=1S/C14H11BrF3N3O2/c1-7-4-10(16)11(6-9(7)15)21-14(22)20-8-2-3-19-12(5-8)23-13(17)18/h2-6,13H,1H3,(H2,19,20,21,22). The number of nitrogens with zero attached hydrogens (tertiary/aromatic N) is 1. The molecule has 0 saturated carbocycles. The number of hydrogen-bond acceptors (Lipinski definition) is 3. The zero-order chi connectivity index (χ0) is 17.0. The number of aromatic nitrogens is 1. The third-order valence-electron chi connectivity index (χ3n) is 2.70. The third kappa shape index (κ3) is 4.85. The van der Waals surface area contributed by atoms with Gasteiger partial charge in [-0.05, 0) is 30.7 Å². The van der Waals surface area contributed by atoms with Crippen molar-refractivity contribution in [2.75, 3.05) is 10.6 Å². The number of carbonyl (C=O) groups excluding carboxylic acids is 1. The summed E-state index contributed by atoms with van der Waals surface area (Å²) in [6, 6.07) is 4.43. The van der Waals surface area contributed by atoms with Crippen molar-refractivity contribution in [2.45, 2.75) is 13.5 Å². The van der Waals surface area contributed by atoms with E-state index in [1.807, 2.05) is 0 Å². The first kappa shape index (κ1) is 17.1. The minimum Gasteiger partial charge on any atom is -0.417 e.